The van der Waals surface area contributed by atoms with Crippen LogP contribution < -0.4 is 9.47 Å². The van der Waals surface area contributed by atoms with Crippen LogP contribution in [0, 0.1) is 11.8 Å². The summed E-state index contributed by atoms with van der Waals surface area (Å²) in [4.78, 5) is 14.9. The van der Waals surface area contributed by atoms with Crippen LogP contribution in [0.1, 0.15) is 24.4 Å². The van der Waals surface area contributed by atoms with Gasteiger partial charge in [0.2, 0.25) is 5.91 Å². The lowest BCUT2D eigenvalue weighted by atomic mass is 9.77. The highest BCUT2D eigenvalue weighted by atomic mass is 35.5. The monoisotopic (exact) mass is 417 g/mol. The number of likely N-dealkylation sites (tertiary alicyclic amines) is 1. The fraction of sp³-hybridized carbons (Fsp3) is 0.524. The standard InChI is InChI=1S/C21H24ClN3O4/c22-16-10-20-19(28-4-5-29-20)8-13(16)9-21(27)24-11-14-6-17(25-3-1-2-23-25)18(26)7-15(14)12-24/h1-3,8,10,14-15,17-18,26H,4-7,9,11-12H2/t14-,15+,17-,18-/m1/s1. The first-order valence-corrected chi connectivity index (χ1v) is 10.5. The molecule has 5 rings (SSSR count). The number of nitrogens with zero attached hydrogens (tertiary/aromatic N) is 3. The SMILES string of the molecule is O=C(Cc1cc2c(cc1Cl)OCCO2)N1C[C@H]2C[C@@H](n3cccn3)[C@H](O)C[C@H]2C1. The van der Waals surface area contributed by atoms with Crippen molar-refractivity contribution in [1.82, 2.24) is 14.7 Å². The van der Waals surface area contributed by atoms with Crippen molar-refractivity contribution in [3.8, 4) is 11.5 Å². The van der Waals surface area contributed by atoms with Crippen molar-refractivity contribution < 1.29 is 19.4 Å². The molecule has 7 nitrogen and oxygen atoms in total. The molecule has 1 aromatic carbocycles. The molecule has 0 radical (unpaired) electrons. The number of carbonyl (C=O) groups excluding carboxylic acids is 1. The van der Waals surface area contributed by atoms with Gasteiger partial charge >= 0.3 is 0 Å². The van der Waals surface area contributed by atoms with Gasteiger partial charge in [0.05, 0.1) is 18.6 Å². The van der Waals surface area contributed by atoms with Gasteiger partial charge in [-0.1, -0.05) is 11.6 Å². The molecule has 1 saturated heterocycles. The molecule has 1 aromatic heterocycles. The highest BCUT2D eigenvalue weighted by Crippen LogP contribution is 2.41. The molecular weight excluding hydrogens is 394 g/mol. The Bertz CT molecular complexity index is 904. The number of hydrogen-bond acceptors (Lipinski definition) is 5. The van der Waals surface area contributed by atoms with Crippen LogP contribution in [0.2, 0.25) is 5.02 Å². The molecule has 4 atom stereocenters. The fourth-order valence-corrected chi connectivity index (χ4v) is 5.11. The number of amides is 1. The smallest absolute Gasteiger partial charge is 0.227 e. The predicted octanol–water partition coefficient (Wildman–Crippen LogP) is 2.32. The normalized spacial score (nSPS) is 28.3. The number of aromatic nitrogens is 2. The van der Waals surface area contributed by atoms with Crippen molar-refractivity contribution in [3.05, 3.63) is 41.2 Å². The molecule has 3 aliphatic rings. The number of aliphatic hydroxyl groups is 1. The van der Waals surface area contributed by atoms with E-state index in [2.05, 4.69) is 5.10 Å². The van der Waals surface area contributed by atoms with Crippen molar-refractivity contribution in [2.24, 2.45) is 11.8 Å². The lowest BCUT2D eigenvalue weighted by Crippen LogP contribution is -2.36. The third-order valence-electron chi connectivity index (χ3n) is 6.38. The van der Waals surface area contributed by atoms with E-state index in [4.69, 9.17) is 21.1 Å². The summed E-state index contributed by atoms with van der Waals surface area (Å²) in [6.45, 7) is 2.41. The predicted molar refractivity (Wildman–Crippen MR) is 106 cm³/mol. The van der Waals surface area contributed by atoms with Gasteiger partial charge in [-0.25, -0.2) is 0 Å². The third-order valence-corrected chi connectivity index (χ3v) is 6.73. The zero-order valence-corrected chi connectivity index (χ0v) is 16.8. The van der Waals surface area contributed by atoms with Crippen molar-refractivity contribution in [2.45, 2.75) is 31.4 Å². The Morgan fingerprint density at radius 1 is 1.17 bits per heavy atom. The Morgan fingerprint density at radius 2 is 1.90 bits per heavy atom. The summed E-state index contributed by atoms with van der Waals surface area (Å²) >= 11 is 6.38. The third kappa shape index (κ3) is 3.57. The quantitative estimate of drug-likeness (QED) is 0.829. The molecule has 1 aliphatic carbocycles. The molecule has 2 fully saturated rings. The van der Waals surface area contributed by atoms with Crippen LogP contribution >= 0.6 is 11.6 Å². The Hall–Kier alpha value is -2.25. The molecule has 29 heavy (non-hydrogen) atoms. The van der Waals surface area contributed by atoms with E-state index >= 15 is 0 Å². The molecule has 154 valence electrons. The fourth-order valence-electron chi connectivity index (χ4n) is 4.89. The van der Waals surface area contributed by atoms with E-state index in [-0.39, 0.29) is 18.4 Å². The Kier molecular flexibility index (Phi) is 4.87. The largest absolute Gasteiger partial charge is 0.486 e. The molecule has 1 N–H and O–H groups in total. The number of hydrogen-bond donors (Lipinski definition) is 1. The van der Waals surface area contributed by atoms with Gasteiger partial charge in [0.25, 0.3) is 0 Å². The first kappa shape index (κ1) is 18.8. The van der Waals surface area contributed by atoms with E-state index in [0.29, 0.717) is 54.5 Å². The number of carbonyl (C=O) groups is 1. The van der Waals surface area contributed by atoms with Gasteiger partial charge in [0.15, 0.2) is 11.5 Å². The average Bonchev–Trinajstić information content (AvgIpc) is 3.37. The minimum Gasteiger partial charge on any atom is -0.486 e. The molecular formula is C21H24ClN3O4. The molecule has 0 unspecified atom stereocenters. The first-order chi connectivity index (χ1) is 14.1. The summed E-state index contributed by atoms with van der Waals surface area (Å²) in [5, 5.41) is 15.4. The van der Waals surface area contributed by atoms with E-state index in [1.54, 1.807) is 12.3 Å². The van der Waals surface area contributed by atoms with Crippen LogP contribution in [0.5, 0.6) is 11.5 Å². The summed E-state index contributed by atoms with van der Waals surface area (Å²) in [5.74, 6) is 2.04. The highest BCUT2D eigenvalue weighted by Gasteiger charge is 2.43. The van der Waals surface area contributed by atoms with Crippen LogP contribution in [0.15, 0.2) is 30.6 Å². The lowest BCUT2D eigenvalue weighted by molar-refractivity contribution is -0.129. The molecule has 1 saturated carbocycles. The van der Waals surface area contributed by atoms with Gasteiger partial charge in [-0.3, -0.25) is 9.48 Å². The minimum absolute atomic E-state index is 0.0199. The van der Waals surface area contributed by atoms with Crippen LogP contribution in [0.3, 0.4) is 0 Å². The maximum atomic E-state index is 13.0. The van der Waals surface area contributed by atoms with Gasteiger partial charge in [0.1, 0.15) is 13.2 Å². The topological polar surface area (TPSA) is 76.8 Å². The summed E-state index contributed by atoms with van der Waals surface area (Å²) in [6, 6.07) is 5.40. The minimum atomic E-state index is -0.432. The Balaban J connectivity index is 1.26. The van der Waals surface area contributed by atoms with Crippen molar-refractivity contribution >= 4 is 17.5 Å². The molecule has 8 heteroatoms. The van der Waals surface area contributed by atoms with Gasteiger partial charge in [-0.05, 0) is 42.4 Å². The molecule has 0 spiro atoms. The van der Waals surface area contributed by atoms with E-state index in [1.165, 1.54) is 0 Å². The Morgan fingerprint density at radius 3 is 2.62 bits per heavy atom. The first-order valence-electron chi connectivity index (χ1n) is 10.1. The van der Waals surface area contributed by atoms with Crippen molar-refractivity contribution in [2.75, 3.05) is 26.3 Å². The molecule has 1 amide bonds. The van der Waals surface area contributed by atoms with E-state index < -0.39 is 6.10 Å². The summed E-state index contributed by atoms with van der Waals surface area (Å²) < 4.78 is 13.0. The second-order valence-corrected chi connectivity index (χ2v) is 8.58. The van der Waals surface area contributed by atoms with Crippen molar-refractivity contribution in [3.63, 3.8) is 0 Å². The second kappa shape index (κ2) is 7.54. The number of halogens is 1. The maximum absolute atomic E-state index is 13.0. The molecule has 0 bridgehead atoms. The van der Waals surface area contributed by atoms with E-state index in [1.807, 2.05) is 27.9 Å². The van der Waals surface area contributed by atoms with Gasteiger partial charge in [-0.2, -0.15) is 5.10 Å². The lowest BCUT2D eigenvalue weighted by Gasteiger charge is -2.35. The van der Waals surface area contributed by atoms with Crippen LogP contribution in [0.4, 0.5) is 0 Å². The van der Waals surface area contributed by atoms with Crippen LogP contribution in [-0.2, 0) is 11.2 Å². The number of fused-ring (bicyclic) bond motifs is 2. The van der Waals surface area contributed by atoms with Gasteiger partial charge in [-0.15, -0.1) is 0 Å². The van der Waals surface area contributed by atoms with Crippen molar-refractivity contribution in [1.29, 1.82) is 0 Å². The van der Waals surface area contributed by atoms with Gasteiger partial charge < -0.3 is 19.5 Å². The summed E-state index contributed by atoms with van der Waals surface area (Å²) in [5.41, 5.74) is 0.755. The van der Waals surface area contributed by atoms with E-state index in [0.717, 1.165) is 18.5 Å². The Labute approximate surface area is 174 Å². The van der Waals surface area contributed by atoms with Crippen LogP contribution in [0.25, 0.3) is 0 Å². The molecule has 2 aromatic rings. The summed E-state index contributed by atoms with van der Waals surface area (Å²) in [6.07, 6.45) is 4.97. The molecule has 3 heterocycles. The number of aliphatic hydroxyl groups excluding tert-OH is 1. The number of benzene rings is 1. The zero-order chi connectivity index (χ0) is 20.0. The van der Waals surface area contributed by atoms with E-state index in [9.17, 15) is 9.90 Å². The van der Waals surface area contributed by atoms with Gasteiger partial charge in [0, 0.05) is 36.6 Å². The zero-order valence-electron chi connectivity index (χ0n) is 16.0. The second-order valence-electron chi connectivity index (χ2n) is 8.18. The number of ether oxygens (including phenoxy) is 2. The maximum Gasteiger partial charge on any atom is 0.227 e. The highest BCUT2D eigenvalue weighted by molar-refractivity contribution is 6.31. The van der Waals surface area contributed by atoms with Crippen LogP contribution in [-0.4, -0.2) is 58.1 Å². The summed E-state index contributed by atoms with van der Waals surface area (Å²) in [7, 11) is 0. The average molecular weight is 418 g/mol. The number of rotatable bonds is 3. The molecule has 2 aliphatic heterocycles.